The van der Waals surface area contributed by atoms with Crippen LogP contribution in [0, 0.1) is 0 Å². The second-order valence-electron chi connectivity index (χ2n) is 5.55. The van der Waals surface area contributed by atoms with Crippen LogP contribution >= 0.6 is 0 Å². The number of hydrogen-bond donors (Lipinski definition) is 1. The summed E-state index contributed by atoms with van der Waals surface area (Å²) in [5, 5.41) is 0. The topological polar surface area (TPSA) is 47.7 Å². The molecule has 0 heterocycles. The molecule has 0 saturated heterocycles. The number of nitrogen functional groups attached to an aromatic ring is 1. The van der Waals surface area contributed by atoms with E-state index in [1.165, 1.54) is 0 Å². The largest absolute Gasteiger partial charge is 0.489 e. The van der Waals surface area contributed by atoms with Gasteiger partial charge in [0.05, 0.1) is 18.4 Å². The Bertz CT molecular complexity index is 417. The van der Waals surface area contributed by atoms with Crippen LogP contribution in [-0.2, 0) is 4.74 Å². The van der Waals surface area contributed by atoms with E-state index >= 15 is 0 Å². The molecule has 1 aromatic rings. The SMILES string of the molecule is CCC(CC)N(CCOC)c1ccc(N)c(OC(C)C)c1. The Kier molecular flexibility index (Phi) is 7.37. The van der Waals surface area contributed by atoms with Crippen LogP contribution in [0.4, 0.5) is 11.4 Å². The van der Waals surface area contributed by atoms with Crippen molar-refractivity contribution in [2.45, 2.75) is 52.7 Å². The molecule has 4 nitrogen and oxygen atoms in total. The minimum absolute atomic E-state index is 0.114. The Morgan fingerprint density at radius 1 is 1.19 bits per heavy atom. The number of hydrogen-bond acceptors (Lipinski definition) is 4. The second-order valence-corrected chi connectivity index (χ2v) is 5.55. The van der Waals surface area contributed by atoms with Crippen LogP contribution in [0.15, 0.2) is 18.2 Å². The maximum atomic E-state index is 6.01. The maximum Gasteiger partial charge on any atom is 0.144 e. The van der Waals surface area contributed by atoms with Crippen molar-refractivity contribution in [1.82, 2.24) is 0 Å². The molecule has 0 amide bonds. The number of rotatable bonds is 9. The molecule has 0 saturated carbocycles. The summed E-state index contributed by atoms with van der Waals surface area (Å²) in [7, 11) is 1.74. The van der Waals surface area contributed by atoms with E-state index in [4.69, 9.17) is 15.2 Å². The molecule has 0 aliphatic carbocycles. The highest BCUT2D eigenvalue weighted by molar-refractivity contribution is 5.62. The zero-order chi connectivity index (χ0) is 15.8. The van der Waals surface area contributed by atoms with Gasteiger partial charge in [-0.15, -0.1) is 0 Å². The summed E-state index contributed by atoms with van der Waals surface area (Å²) >= 11 is 0. The van der Waals surface area contributed by atoms with Gasteiger partial charge in [0.15, 0.2) is 0 Å². The van der Waals surface area contributed by atoms with Crippen molar-refractivity contribution in [3.05, 3.63) is 18.2 Å². The highest BCUT2D eigenvalue weighted by atomic mass is 16.5. The molecule has 0 spiro atoms. The van der Waals surface area contributed by atoms with Gasteiger partial charge < -0.3 is 20.1 Å². The van der Waals surface area contributed by atoms with E-state index in [9.17, 15) is 0 Å². The van der Waals surface area contributed by atoms with Crippen molar-refractivity contribution in [2.75, 3.05) is 30.9 Å². The smallest absolute Gasteiger partial charge is 0.144 e. The molecule has 2 N–H and O–H groups in total. The van der Waals surface area contributed by atoms with Gasteiger partial charge >= 0.3 is 0 Å². The van der Waals surface area contributed by atoms with E-state index in [0.29, 0.717) is 18.3 Å². The van der Waals surface area contributed by atoms with E-state index in [-0.39, 0.29) is 6.10 Å². The molecule has 0 radical (unpaired) electrons. The van der Waals surface area contributed by atoms with Gasteiger partial charge in [0.1, 0.15) is 5.75 Å². The van der Waals surface area contributed by atoms with Crippen molar-refractivity contribution in [3.63, 3.8) is 0 Å². The highest BCUT2D eigenvalue weighted by Gasteiger charge is 2.17. The summed E-state index contributed by atoms with van der Waals surface area (Å²) < 4.78 is 11.1. The van der Waals surface area contributed by atoms with E-state index in [2.05, 4.69) is 24.8 Å². The average molecular weight is 294 g/mol. The summed E-state index contributed by atoms with van der Waals surface area (Å²) in [4.78, 5) is 2.39. The van der Waals surface area contributed by atoms with Crippen LogP contribution in [0.5, 0.6) is 5.75 Å². The quantitative estimate of drug-likeness (QED) is 0.706. The molecule has 4 heteroatoms. The lowest BCUT2D eigenvalue weighted by atomic mass is 10.1. The second kappa shape index (κ2) is 8.78. The molecule has 1 aromatic carbocycles. The summed E-state index contributed by atoms with van der Waals surface area (Å²) in [6.45, 7) is 10.0. The van der Waals surface area contributed by atoms with E-state index in [1.54, 1.807) is 7.11 Å². The zero-order valence-corrected chi connectivity index (χ0v) is 14.1. The Morgan fingerprint density at radius 3 is 2.38 bits per heavy atom. The number of nitrogens with zero attached hydrogens (tertiary/aromatic N) is 1. The van der Waals surface area contributed by atoms with Crippen LogP contribution in [-0.4, -0.2) is 32.4 Å². The first-order valence-electron chi connectivity index (χ1n) is 7.85. The van der Waals surface area contributed by atoms with E-state index in [0.717, 1.165) is 30.8 Å². The Balaban J connectivity index is 3.05. The fourth-order valence-corrected chi connectivity index (χ4v) is 2.50. The minimum Gasteiger partial charge on any atom is -0.489 e. The average Bonchev–Trinajstić information content (AvgIpc) is 2.45. The number of nitrogens with two attached hydrogens (primary N) is 1. The van der Waals surface area contributed by atoms with Crippen molar-refractivity contribution in [3.8, 4) is 5.75 Å². The van der Waals surface area contributed by atoms with Crippen molar-refractivity contribution in [1.29, 1.82) is 0 Å². The lowest BCUT2D eigenvalue weighted by molar-refractivity contribution is 0.202. The molecule has 0 aromatic heterocycles. The Hall–Kier alpha value is -1.42. The van der Waals surface area contributed by atoms with E-state index in [1.807, 2.05) is 26.0 Å². The third-order valence-electron chi connectivity index (χ3n) is 3.61. The zero-order valence-electron chi connectivity index (χ0n) is 14.1. The third-order valence-corrected chi connectivity index (χ3v) is 3.61. The number of ether oxygens (including phenoxy) is 2. The lowest BCUT2D eigenvalue weighted by Gasteiger charge is -2.33. The molecule has 120 valence electrons. The standard InChI is InChI=1S/C17H30N2O2/c1-6-14(7-2)19(10-11-20-5)15-8-9-16(18)17(12-15)21-13(3)4/h8-9,12-14H,6-7,10-11,18H2,1-5H3. The van der Waals surface area contributed by atoms with Gasteiger partial charge in [-0.25, -0.2) is 0 Å². The van der Waals surface area contributed by atoms with Gasteiger partial charge in [0, 0.05) is 31.5 Å². The van der Waals surface area contributed by atoms with Crippen molar-refractivity contribution in [2.24, 2.45) is 0 Å². The minimum atomic E-state index is 0.114. The monoisotopic (exact) mass is 294 g/mol. The van der Waals surface area contributed by atoms with Gasteiger partial charge in [0.25, 0.3) is 0 Å². The third kappa shape index (κ3) is 5.12. The first-order chi connectivity index (χ1) is 10.0. The van der Waals surface area contributed by atoms with Gasteiger partial charge in [-0.2, -0.15) is 0 Å². The summed E-state index contributed by atoms with van der Waals surface area (Å²) in [6, 6.07) is 6.53. The predicted molar refractivity (Wildman–Crippen MR) is 90.2 cm³/mol. The fraction of sp³-hybridized carbons (Fsp3) is 0.647. The number of benzene rings is 1. The molecule has 0 aliphatic heterocycles. The molecule has 0 atom stereocenters. The lowest BCUT2D eigenvalue weighted by Crippen LogP contribution is -2.37. The summed E-state index contributed by atoms with van der Waals surface area (Å²) in [6.07, 6.45) is 2.32. The van der Waals surface area contributed by atoms with Crippen LogP contribution in [0.25, 0.3) is 0 Å². The highest BCUT2D eigenvalue weighted by Crippen LogP contribution is 2.30. The molecular formula is C17H30N2O2. The van der Waals surface area contributed by atoms with Crippen molar-refractivity contribution < 1.29 is 9.47 Å². The molecular weight excluding hydrogens is 264 g/mol. The molecule has 21 heavy (non-hydrogen) atoms. The first kappa shape index (κ1) is 17.6. The van der Waals surface area contributed by atoms with Gasteiger partial charge in [-0.3, -0.25) is 0 Å². The fourth-order valence-electron chi connectivity index (χ4n) is 2.50. The molecule has 0 unspecified atom stereocenters. The molecule has 0 aliphatic rings. The molecule has 1 rings (SSSR count). The Labute approximate surface area is 129 Å². The van der Waals surface area contributed by atoms with E-state index < -0.39 is 0 Å². The Morgan fingerprint density at radius 2 is 1.86 bits per heavy atom. The number of anilines is 2. The summed E-state index contributed by atoms with van der Waals surface area (Å²) in [5.41, 5.74) is 7.84. The molecule has 0 bridgehead atoms. The maximum absolute atomic E-state index is 6.01. The van der Waals surface area contributed by atoms with Gasteiger partial charge in [0.2, 0.25) is 0 Å². The first-order valence-corrected chi connectivity index (χ1v) is 7.85. The van der Waals surface area contributed by atoms with Crippen LogP contribution < -0.4 is 15.4 Å². The van der Waals surface area contributed by atoms with Crippen molar-refractivity contribution >= 4 is 11.4 Å². The normalized spacial score (nSPS) is 11.2. The van der Waals surface area contributed by atoms with Crippen LogP contribution in [0.1, 0.15) is 40.5 Å². The van der Waals surface area contributed by atoms with Gasteiger partial charge in [-0.1, -0.05) is 13.8 Å². The van der Waals surface area contributed by atoms with Crippen LogP contribution in [0.2, 0.25) is 0 Å². The molecule has 0 fully saturated rings. The number of methoxy groups -OCH3 is 1. The van der Waals surface area contributed by atoms with Crippen LogP contribution in [0.3, 0.4) is 0 Å². The summed E-state index contributed by atoms with van der Waals surface area (Å²) in [5.74, 6) is 0.760. The predicted octanol–water partition coefficient (Wildman–Crippen LogP) is 3.70. The van der Waals surface area contributed by atoms with Gasteiger partial charge in [-0.05, 0) is 38.8 Å².